The molecule has 0 aliphatic carbocycles. The van der Waals surface area contributed by atoms with Crippen LogP contribution in [0.3, 0.4) is 0 Å². The van der Waals surface area contributed by atoms with E-state index in [9.17, 15) is 4.79 Å². The number of ether oxygens (including phenoxy) is 1. The number of allylic oxidation sites excluding steroid dienone is 1. The second kappa shape index (κ2) is 9.48. The molecule has 7 nitrogen and oxygen atoms in total. The van der Waals surface area contributed by atoms with Crippen molar-refractivity contribution in [1.29, 1.82) is 0 Å². The Balaban J connectivity index is 1.80. The van der Waals surface area contributed by atoms with Gasteiger partial charge in [-0.2, -0.15) is 4.98 Å². The molecule has 1 aliphatic heterocycles. The third kappa shape index (κ3) is 4.77. The molecule has 1 unspecified atom stereocenters. The Kier molecular flexibility index (Phi) is 6.49. The summed E-state index contributed by atoms with van der Waals surface area (Å²) in [6.45, 7) is 8.87. The minimum absolute atomic E-state index is 0.136. The Morgan fingerprint density at radius 2 is 1.94 bits per heavy atom. The number of hydrogen-bond acceptors (Lipinski definition) is 5. The Hall–Kier alpha value is -3.61. The van der Waals surface area contributed by atoms with Crippen LogP contribution in [0, 0.1) is 12.8 Å². The molecule has 1 atom stereocenters. The van der Waals surface area contributed by atoms with E-state index >= 15 is 0 Å². The zero-order chi connectivity index (χ0) is 23.5. The van der Waals surface area contributed by atoms with Crippen LogP contribution in [-0.4, -0.2) is 34.7 Å². The number of amides is 2. The lowest BCUT2D eigenvalue weighted by atomic mass is 9.94. The van der Waals surface area contributed by atoms with E-state index in [0.717, 1.165) is 34.4 Å². The zero-order valence-electron chi connectivity index (χ0n) is 19.8. The third-order valence-corrected chi connectivity index (χ3v) is 5.89. The van der Waals surface area contributed by atoms with Crippen molar-refractivity contribution in [3.05, 3.63) is 71.2 Å². The number of aromatic nitrogens is 2. The topological polar surface area (TPSA) is 80.5 Å². The highest BCUT2D eigenvalue weighted by Gasteiger charge is 2.35. The summed E-state index contributed by atoms with van der Waals surface area (Å²) in [6, 6.07) is 15.1. The summed E-state index contributed by atoms with van der Waals surface area (Å²) < 4.78 is 11.2. The first kappa shape index (κ1) is 22.6. The van der Waals surface area contributed by atoms with Crippen molar-refractivity contribution < 1.29 is 14.1 Å². The summed E-state index contributed by atoms with van der Waals surface area (Å²) in [5.41, 5.74) is 4.49. The van der Waals surface area contributed by atoms with Gasteiger partial charge in [0.2, 0.25) is 5.82 Å². The molecule has 0 spiro atoms. The normalized spacial score (nSPS) is 16.4. The number of carbonyl (C=O) groups excluding carboxylic acids is 1. The van der Waals surface area contributed by atoms with E-state index in [1.54, 1.807) is 12.0 Å². The largest absolute Gasteiger partial charge is 0.497 e. The van der Waals surface area contributed by atoms with E-state index in [4.69, 9.17) is 14.2 Å². The lowest BCUT2D eigenvalue weighted by molar-refractivity contribution is 0.202. The maximum Gasteiger partial charge on any atom is 0.322 e. The number of nitrogens with zero attached hydrogens (tertiary/aromatic N) is 3. The molecule has 1 aliphatic rings. The van der Waals surface area contributed by atoms with Crippen molar-refractivity contribution in [1.82, 2.24) is 20.4 Å². The molecule has 0 fully saturated rings. The molecule has 0 radical (unpaired) electrons. The maximum absolute atomic E-state index is 13.1. The van der Waals surface area contributed by atoms with Crippen molar-refractivity contribution in [2.24, 2.45) is 5.92 Å². The number of nitrogens with one attached hydrogen (secondary N) is 1. The van der Waals surface area contributed by atoms with Crippen LogP contribution < -0.4 is 10.1 Å². The second-order valence-corrected chi connectivity index (χ2v) is 8.78. The fraction of sp³-hybridized carbons (Fsp3) is 0.346. The van der Waals surface area contributed by atoms with Gasteiger partial charge in [0.1, 0.15) is 5.75 Å². The van der Waals surface area contributed by atoms with Gasteiger partial charge in [-0.1, -0.05) is 54.9 Å². The van der Waals surface area contributed by atoms with Crippen molar-refractivity contribution in [2.45, 2.75) is 40.2 Å². The average Bonchev–Trinajstić information content (AvgIpc) is 3.28. The van der Waals surface area contributed by atoms with E-state index in [1.807, 2.05) is 62.4 Å². The molecule has 2 amide bonds. The zero-order valence-corrected chi connectivity index (χ0v) is 19.8. The van der Waals surface area contributed by atoms with E-state index in [1.165, 1.54) is 0 Å². The molecule has 1 N–H and O–H groups in total. The quantitative estimate of drug-likeness (QED) is 0.511. The first-order chi connectivity index (χ1) is 15.9. The molecule has 0 bridgehead atoms. The molecule has 2 heterocycles. The minimum atomic E-state index is -0.436. The highest BCUT2D eigenvalue weighted by atomic mass is 16.5. The van der Waals surface area contributed by atoms with Gasteiger partial charge in [0.25, 0.3) is 5.89 Å². The van der Waals surface area contributed by atoms with Gasteiger partial charge in [0.15, 0.2) is 0 Å². The predicted octanol–water partition coefficient (Wildman–Crippen LogP) is 5.60. The molecular formula is C26H30N4O3. The SMILES string of the molecule is COc1cccc(C2NC(=O)N(CCC(C)C)C(C)=C2c2nc(-c3cccc(C)c3)no2)c1. The monoisotopic (exact) mass is 446 g/mol. The highest BCUT2D eigenvalue weighted by Crippen LogP contribution is 2.38. The van der Waals surface area contributed by atoms with Crippen LogP contribution in [0.4, 0.5) is 4.79 Å². The number of methoxy groups -OCH3 is 1. The smallest absolute Gasteiger partial charge is 0.322 e. The van der Waals surface area contributed by atoms with Crippen LogP contribution >= 0.6 is 0 Å². The van der Waals surface area contributed by atoms with Gasteiger partial charge in [-0.3, -0.25) is 4.90 Å². The molecule has 3 aromatic rings. The van der Waals surface area contributed by atoms with Gasteiger partial charge in [0.05, 0.1) is 18.7 Å². The van der Waals surface area contributed by atoms with Gasteiger partial charge < -0.3 is 14.6 Å². The van der Waals surface area contributed by atoms with Crippen LogP contribution in [0.25, 0.3) is 17.0 Å². The molecule has 172 valence electrons. The van der Waals surface area contributed by atoms with Crippen molar-refractivity contribution >= 4 is 11.6 Å². The first-order valence-electron chi connectivity index (χ1n) is 11.2. The maximum atomic E-state index is 13.1. The second-order valence-electron chi connectivity index (χ2n) is 8.78. The number of aryl methyl sites for hydroxylation is 1. The van der Waals surface area contributed by atoms with Crippen LogP contribution in [0.1, 0.15) is 50.3 Å². The fourth-order valence-electron chi connectivity index (χ4n) is 4.02. The Bertz CT molecular complexity index is 1180. The van der Waals surface area contributed by atoms with Gasteiger partial charge in [-0.25, -0.2) is 4.79 Å². The number of benzene rings is 2. The predicted molar refractivity (Wildman–Crippen MR) is 127 cm³/mol. The number of rotatable bonds is 7. The first-order valence-corrected chi connectivity index (χ1v) is 11.2. The Labute approximate surface area is 194 Å². The molecule has 7 heteroatoms. The number of hydrogen-bond donors (Lipinski definition) is 1. The standard InChI is InChI=1S/C26H30N4O3/c1-16(2)12-13-30-18(4)22(23(27-26(30)31)19-9-7-11-21(15-19)32-5)25-28-24(29-33-25)20-10-6-8-17(3)14-20/h6-11,14-16,23H,12-13H2,1-5H3,(H,27,31). The Morgan fingerprint density at radius 1 is 1.15 bits per heavy atom. The van der Waals surface area contributed by atoms with Gasteiger partial charge in [0, 0.05) is 17.8 Å². The lowest BCUT2D eigenvalue weighted by Gasteiger charge is -2.35. The summed E-state index contributed by atoms with van der Waals surface area (Å²) in [5, 5.41) is 7.38. The Morgan fingerprint density at radius 3 is 2.67 bits per heavy atom. The molecule has 33 heavy (non-hydrogen) atoms. The van der Waals surface area contributed by atoms with E-state index in [-0.39, 0.29) is 6.03 Å². The number of urea groups is 1. The fourth-order valence-corrected chi connectivity index (χ4v) is 4.02. The minimum Gasteiger partial charge on any atom is -0.497 e. The molecule has 0 saturated carbocycles. The van der Waals surface area contributed by atoms with E-state index in [0.29, 0.717) is 29.9 Å². The van der Waals surface area contributed by atoms with Crippen molar-refractivity contribution in [3.63, 3.8) is 0 Å². The van der Waals surface area contributed by atoms with Crippen LogP contribution in [0.5, 0.6) is 5.75 Å². The van der Waals surface area contributed by atoms with Gasteiger partial charge >= 0.3 is 6.03 Å². The van der Waals surface area contributed by atoms with Gasteiger partial charge in [-0.15, -0.1) is 0 Å². The van der Waals surface area contributed by atoms with E-state index < -0.39 is 6.04 Å². The van der Waals surface area contributed by atoms with Crippen LogP contribution in [0.15, 0.2) is 58.8 Å². The van der Waals surface area contributed by atoms with Crippen LogP contribution in [0.2, 0.25) is 0 Å². The summed E-state index contributed by atoms with van der Waals surface area (Å²) in [5.74, 6) is 2.10. The molecule has 0 saturated heterocycles. The molecule has 4 rings (SSSR count). The molecule has 2 aromatic carbocycles. The highest BCUT2D eigenvalue weighted by molar-refractivity contribution is 5.87. The lowest BCUT2D eigenvalue weighted by Crippen LogP contribution is -2.46. The third-order valence-electron chi connectivity index (χ3n) is 5.89. The van der Waals surface area contributed by atoms with Gasteiger partial charge in [-0.05, 0) is 49.9 Å². The summed E-state index contributed by atoms with van der Waals surface area (Å²) in [4.78, 5) is 19.6. The summed E-state index contributed by atoms with van der Waals surface area (Å²) >= 11 is 0. The summed E-state index contributed by atoms with van der Waals surface area (Å²) in [7, 11) is 1.63. The molecule has 1 aromatic heterocycles. The van der Waals surface area contributed by atoms with E-state index in [2.05, 4.69) is 24.3 Å². The van der Waals surface area contributed by atoms with Crippen molar-refractivity contribution in [3.8, 4) is 17.1 Å². The average molecular weight is 447 g/mol. The molecular weight excluding hydrogens is 416 g/mol. The van der Waals surface area contributed by atoms with Crippen molar-refractivity contribution in [2.75, 3.05) is 13.7 Å². The summed E-state index contributed by atoms with van der Waals surface area (Å²) in [6.07, 6.45) is 0.889. The van der Waals surface area contributed by atoms with Crippen LogP contribution in [-0.2, 0) is 0 Å². The number of carbonyl (C=O) groups is 1.